The first kappa shape index (κ1) is 23.2. The Labute approximate surface area is 174 Å². The van der Waals surface area contributed by atoms with E-state index in [1.165, 1.54) is 29.2 Å². The number of nitro benzene ring substituents is 1. The van der Waals surface area contributed by atoms with Gasteiger partial charge in [-0.1, -0.05) is 0 Å². The van der Waals surface area contributed by atoms with Crippen molar-refractivity contribution in [2.45, 2.75) is 44.2 Å². The quantitative estimate of drug-likeness (QED) is 0.306. The highest BCUT2D eigenvalue weighted by atomic mass is 16.6. The van der Waals surface area contributed by atoms with Gasteiger partial charge in [-0.05, 0) is 44.4 Å². The first-order valence-electron chi connectivity index (χ1n) is 9.92. The summed E-state index contributed by atoms with van der Waals surface area (Å²) in [6, 6.07) is 3.93. The number of nitro groups is 1. The molecule has 6 N–H and O–H groups in total. The van der Waals surface area contributed by atoms with Crippen LogP contribution in [0.1, 0.15) is 32.1 Å². The average Bonchev–Trinajstić information content (AvgIpc) is 3.21. The Kier molecular flexibility index (Phi) is 8.69. The zero-order chi connectivity index (χ0) is 22.1. The molecule has 1 aliphatic rings. The van der Waals surface area contributed by atoms with E-state index in [2.05, 4.69) is 10.6 Å². The van der Waals surface area contributed by atoms with E-state index in [0.29, 0.717) is 44.5 Å². The summed E-state index contributed by atoms with van der Waals surface area (Å²) in [6.45, 7) is 1.04. The highest BCUT2D eigenvalue weighted by Gasteiger charge is 2.35. The largest absolute Gasteiger partial charge is 0.343 e. The predicted molar refractivity (Wildman–Crippen MR) is 110 cm³/mol. The predicted octanol–water partition coefficient (Wildman–Crippen LogP) is 0.0968. The Morgan fingerprint density at radius 3 is 2.50 bits per heavy atom. The maximum absolute atomic E-state index is 12.8. The molecule has 1 aromatic rings. The summed E-state index contributed by atoms with van der Waals surface area (Å²) in [5.41, 5.74) is 11.3. The molecule has 11 heteroatoms. The molecular formula is C19H28N6O5. The number of carbonyl (C=O) groups excluding carboxylic acids is 3. The number of nitrogens with two attached hydrogens (primary N) is 2. The molecule has 3 amide bonds. The van der Waals surface area contributed by atoms with Crippen LogP contribution < -0.4 is 22.1 Å². The maximum Gasteiger partial charge on any atom is 0.269 e. The van der Waals surface area contributed by atoms with Gasteiger partial charge in [0.2, 0.25) is 17.7 Å². The molecule has 11 nitrogen and oxygen atoms in total. The monoisotopic (exact) mass is 420 g/mol. The molecule has 30 heavy (non-hydrogen) atoms. The third-order valence-corrected chi connectivity index (χ3v) is 4.91. The van der Waals surface area contributed by atoms with Gasteiger partial charge in [0.15, 0.2) is 0 Å². The van der Waals surface area contributed by atoms with Crippen molar-refractivity contribution in [1.82, 2.24) is 10.2 Å². The van der Waals surface area contributed by atoms with Crippen molar-refractivity contribution in [1.29, 1.82) is 0 Å². The van der Waals surface area contributed by atoms with E-state index in [-0.39, 0.29) is 24.6 Å². The number of nitrogens with one attached hydrogen (secondary N) is 2. The summed E-state index contributed by atoms with van der Waals surface area (Å²) in [4.78, 5) is 49.4. The van der Waals surface area contributed by atoms with Crippen molar-refractivity contribution in [3.8, 4) is 0 Å². The summed E-state index contributed by atoms with van der Waals surface area (Å²) >= 11 is 0. The number of nitrogens with zero attached hydrogens (tertiary/aromatic N) is 2. The van der Waals surface area contributed by atoms with Gasteiger partial charge >= 0.3 is 0 Å². The fraction of sp³-hybridized carbons (Fsp3) is 0.526. The lowest BCUT2D eigenvalue weighted by atomic mass is 10.1. The molecule has 2 atom stereocenters. The number of non-ortho nitro benzene ring substituents is 1. The number of benzene rings is 1. The Bertz CT molecular complexity index is 769. The second kappa shape index (κ2) is 11.2. The summed E-state index contributed by atoms with van der Waals surface area (Å²) < 4.78 is 0. The molecule has 0 aromatic heterocycles. The Morgan fingerprint density at radius 2 is 1.90 bits per heavy atom. The maximum atomic E-state index is 12.8. The van der Waals surface area contributed by atoms with Crippen LogP contribution in [-0.2, 0) is 14.4 Å². The summed E-state index contributed by atoms with van der Waals surface area (Å²) in [5.74, 6) is -1.02. The zero-order valence-corrected chi connectivity index (χ0v) is 16.7. The number of anilines is 1. The van der Waals surface area contributed by atoms with Gasteiger partial charge in [-0.3, -0.25) is 24.5 Å². The van der Waals surface area contributed by atoms with Gasteiger partial charge in [0.1, 0.15) is 12.1 Å². The van der Waals surface area contributed by atoms with Crippen molar-refractivity contribution in [2.75, 3.05) is 25.0 Å². The summed E-state index contributed by atoms with van der Waals surface area (Å²) in [6.07, 6.45) is 2.23. The van der Waals surface area contributed by atoms with Crippen LogP contribution in [0.5, 0.6) is 0 Å². The molecule has 1 aliphatic heterocycles. The van der Waals surface area contributed by atoms with Gasteiger partial charge in [0.25, 0.3) is 5.69 Å². The van der Waals surface area contributed by atoms with Crippen molar-refractivity contribution in [3.05, 3.63) is 34.4 Å². The van der Waals surface area contributed by atoms with Gasteiger partial charge in [-0.25, -0.2) is 0 Å². The van der Waals surface area contributed by atoms with Crippen LogP contribution in [0, 0.1) is 10.1 Å². The van der Waals surface area contributed by atoms with Crippen molar-refractivity contribution in [2.24, 2.45) is 11.5 Å². The number of carbonyl (C=O) groups is 3. The van der Waals surface area contributed by atoms with Gasteiger partial charge in [-0.15, -0.1) is 0 Å². The number of amides is 3. The van der Waals surface area contributed by atoms with Crippen LogP contribution in [0.15, 0.2) is 24.3 Å². The molecule has 1 aromatic carbocycles. The van der Waals surface area contributed by atoms with Crippen molar-refractivity contribution < 1.29 is 19.3 Å². The number of rotatable bonds is 10. The second-order valence-electron chi connectivity index (χ2n) is 7.07. The first-order valence-corrected chi connectivity index (χ1v) is 9.92. The van der Waals surface area contributed by atoms with Crippen LogP contribution in [0.25, 0.3) is 0 Å². The average molecular weight is 420 g/mol. The Hall–Kier alpha value is -3.05. The minimum Gasteiger partial charge on any atom is -0.343 e. The molecule has 2 rings (SSSR count). The number of hydrogen-bond donors (Lipinski definition) is 4. The van der Waals surface area contributed by atoms with E-state index in [0.717, 1.165) is 0 Å². The second-order valence-corrected chi connectivity index (χ2v) is 7.07. The number of likely N-dealkylation sites (tertiary alicyclic amines) is 1. The van der Waals surface area contributed by atoms with E-state index in [1.54, 1.807) is 0 Å². The highest BCUT2D eigenvalue weighted by molar-refractivity contribution is 5.98. The normalized spacial score (nSPS) is 16.7. The molecule has 0 aliphatic carbocycles. The van der Waals surface area contributed by atoms with E-state index < -0.39 is 28.8 Å². The molecule has 0 radical (unpaired) electrons. The van der Waals surface area contributed by atoms with Gasteiger partial charge < -0.3 is 27.0 Å². The molecule has 0 unspecified atom stereocenters. The molecule has 0 saturated carbocycles. The molecule has 164 valence electrons. The third kappa shape index (κ3) is 6.22. The lowest BCUT2D eigenvalue weighted by Crippen LogP contribution is -2.52. The minimum atomic E-state index is -0.844. The van der Waals surface area contributed by atoms with E-state index >= 15 is 0 Å². The fourth-order valence-electron chi connectivity index (χ4n) is 3.36. The van der Waals surface area contributed by atoms with Gasteiger partial charge in [-0.2, -0.15) is 0 Å². The van der Waals surface area contributed by atoms with E-state index in [9.17, 15) is 24.5 Å². The minimum absolute atomic E-state index is 0.0931. The van der Waals surface area contributed by atoms with E-state index in [4.69, 9.17) is 11.5 Å². The van der Waals surface area contributed by atoms with Crippen LogP contribution in [0.2, 0.25) is 0 Å². The number of hydrogen-bond acceptors (Lipinski definition) is 7. The van der Waals surface area contributed by atoms with Crippen molar-refractivity contribution in [3.63, 3.8) is 0 Å². The summed E-state index contributed by atoms with van der Waals surface area (Å²) in [7, 11) is 0. The molecule has 1 saturated heterocycles. The van der Waals surface area contributed by atoms with Crippen LogP contribution in [-0.4, -0.2) is 59.3 Å². The third-order valence-electron chi connectivity index (χ3n) is 4.91. The van der Waals surface area contributed by atoms with Crippen LogP contribution in [0.3, 0.4) is 0 Å². The Balaban J connectivity index is 2.04. The zero-order valence-electron chi connectivity index (χ0n) is 16.7. The molecule has 1 heterocycles. The van der Waals surface area contributed by atoms with Gasteiger partial charge in [0.05, 0.1) is 4.92 Å². The molecule has 1 fully saturated rings. The molecule has 0 bridgehead atoms. The first-order chi connectivity index (χ1) is 14.4. The van der Waals surface area contributed by atoms with Gasteiger partial charge in [0, 0.05) is 37.3 Å². The fourth-order valence-corrected chi connectivity index (χ4v) is 3.36. The highest BCUT2D eigenvalue weighted by Crippen LogP contribution is 2.19. The lowest BCUT2D eigenvalue weighted by molar-refractivity contribution is -0.384. The van der Waals surface area contributed by atoms with Crippen LogP contribution in [0.4, 0.5) is 11.4 Å². The molecule has 0 spiro atoms. The Morgan fingerprint density at radius 1 is 1.20 bits per heavy atom. The van der Waals surface area contributed by atoms with E-state index in [1.807, 2.05) is 0 Å². The smallest absolute Gasteiger partial charge is 0.269 e. The topological polar surface area (TPSA) is 174 Å². The summed E-state index contributed by atoms with van der Waals surface area (Å²) in [5, 5.41) is 16.1. The molecular weight excluding hydrogens is 392 g/mol. The SMILES string of the molecule is NCCC[C@H](NC(=O)[C@@H]1CCCN1C(=O)CCN)C(=O)Nc1ccc([N+](=O)[O-])cc1. The van der Waals surface area contributed by atoms with Crippen molar-refractivity contribution >= 4 is 29.1 Å². The van der Waals surface area contributed by atoms with Crippen LogP contribution >= 0.6 is 0 Å². The lowest BCUT2D eigenvalue weighted by Gasteiger charge is -2.26. The standard InChI is InChI=1S/C19H28N6O5/c20-10-1-3-15(18(27)22-13-5-7-14(8-6-13)25(29)30)23-19(28)16-4-2-12-24(16)17(26)9-11-21/h5-8,15-16H,1-4,9-12,20-21H2,(H,22,27)(H,23,28)/t15-,16-/m0/s1.